The summed E-state index contributed by atoms with van der Waals surface area (Å²) in [6.07, 6.45) is -4.94. The minimum Gasteiger partial charge on any atom is -0.394 e. The maximum absolute atomic E-state index is 9.23. The van der Waals surface area contributed by atoms with Crippen LogP contribution in [-0.2, 0) is 4.74 Å². The van der Waals surface area contributed by atoms with Gasteiger partial charge in [-0.1, -0.05) is 0 Å². The van der Waals surface area contributed by atoms with Crippen LogP contribution in [0, 0.1) is 0 Å². The molecule has 12 heavy (non-hydrogen) atoms. The molecule has 1 saturated heterocycles. The molecular formula is C7H14O5. The van der Waals surface area contributed by atoms with E-state index in [0.717, 1.165) is 0 Å². The van der Waals surface area contributed by atoms with E-state index in [0.29, 0.717) is 0 Å². The molecule has 1 heterocycles. The van der Waals surface area contributed by atoms with Crippen molar-refractivity contribution in [3.8, 4) is 0 Å². The predicted molar refractivity (Wildman–Crippen MR) is 39.4 cm³/mol. The summed E-state index contributed by atoms with van der Waals surface area (Å²) in [4.78, 5) is 0. The smallest absolute Gasteiger partial charge is 0.111 e. The fraction of sp³-hybridized carbons (Fsp3) is 1.00. The average Bonchev–Trinajstić information content (AvgIpc) is 2.08. The monoisotopic (exact) mass is 178 g/mol. The lowest BCUT2D eigenvalue weighted by Crippen LogP contribution is -2.57. The molecule has 0 aromatic heterocycles. The Kier molecular flexibility index (Phi) is 3.03. The number of ether oxygens (including phenoxy) is 1. The summed E-state index contributed by atoms with van der Waals surface area (Å²) in [5, 5.41) is 36.4. The van der Waals surface area contributed by atoms with E-state index in [1.165, 1.54) is 0 Å². The SMILES string of the molecule is C[C@@H]1OC(CO)[C@@H](O)C(O)C1O. The topological polar surface area (TPSA) is 90.2 Å². The Morgan fingerprint density at radius 1 is 1.08 bits per heavy atom. The van der Waals surface area contributed by atoms with Gasteiger partial charge in [-0.3, -0.25) is 0 Å². The van der Waals surface area contributed by atoms with E-state index in [1.54, 1.807) is 6.92 Å². The number of rotatable bonds is 1. The first-order valence-corrected chi connectivity index (χ1v) is 3.88. The molecule has 1 aliphatic rings. The highest BCUT2D eigenvalue weighted by Gasteiger charge is 2.41. The molecule has 1 fully saturated rings. The van der Waals surface area contributed by atoms with Crippen LogP contribution in [0.25, 0.3) is 0 Å². The largest absolute Gasteiger partial charge is 0.394 e. The summed E-state index contributed by atoms with van der Waals surface area (Å²) in [6.45, 7) is 1.21. The molecule has 0 spiro atoms. The second-order valence-electron chi connectivity index (χ2n) is 3.03. The standard InChI is InChI=1S/C7H14O5/c1-3-5(9)7(11)6(10)4(2-8)12-3/h3-11H,2H2,1H3/t3-,4?,5?,6+,7?/m0/s1. The van der Waals surface area contributed by atoms with Crippen molar-refractivity contribution >= 4 is 0 Å². The summed E-state index contributed by atoms with van der Waals surface area (Å²) < 4.78 is 5.02. The van der Waals surface area contributed by atoms with Gasteiger partial charge in [-0.15, -0.1) is 0 Å². The molecule has 4 N–H and O–H groups in total. The summed E-state index contributed by atoms with van der Waals surface area (Å²) >= 11 is 0. The quantitative estimate of drug-likeness (QED) is 0.367. The third kappa shape index (κ3) is 1.60. The fourth-order valence-corrected chi connectivity index (χ4v) is 1.29. The van der Waals surface area contributed by atoms with E-state index in [9.17, 15) is 15.3 Å². The van der Waals surface area contributed by atoms with Crippen molar-refractivity contribution in [3.63, 3.8) is 0 Å². The van der Waals surface area contributed by atoms with Gasteiger partial charge in [-0.05, 0) is 6.92 Å². The van der Waals surface area contributed by atoms with Gasteiger partial charge in [-0.25, -0.2) is 0 Å². The maximum atomic E-state index is 9.23. The molecule has 3 unspecified atom stereocenters. The van der Waals surface area contributed by atoms with Gasteiger partial charge in [0.25, 0.3) is 0 Å². The van der Waals surface area contributed by atoms with Crippen molar-refractivity contribution in [2.45, 2.75) is 37.4 Å². The van der Waals surface area contributed by atoms with Gasteiger partial charge in [0.15, 0.2) is 0 Å². The molecule has 0 amide bonds. The molecule has 5 heteroatoms. The lowest BCUT2D eigenvalue weighted by atomic mass is 9.96. The van der Waals surface area contributed by atoms with Crippen LogP contribution in [0.5, 0.6) is 0 Å². The van der Waals surface area contributed by atoms with Crippen molar-refractivity contribution in [1.82, 2.24) is 0 Å². The molecule has 0 aliphatic carbocycles. The summed E-state index contributed by atoms with van der Waals surface area (Å²) in [6, 6.07) is 0. The molecule has 0 saturated carbocycles. The maximum Gasteiger partial charge on any atom is 0.111 e. The van der Waals surface area contributed by atoms with Crippen molar-refractivity contribution < 1.29 is 25.2 Å². The fourth-order valence-electron chi connectivity index (χ4n) is 1.29. The minimum atomic E-state index is -1.24. The Balaban J connectivity index is 2.63. The zero-order valence-electron chi connectivity index (χ0n) is 6.79. The molecule has 1 aliphatic heterocycles. The van der Waals surface area contributed by atoms with E-state index in [2.05, 4.69) is 0 Å². The van der Waals surface area contributed by atoms with Gasteiger partial charge < -0.3 is 25.2 Å². The minimum absolute atomic E-state index is 0.366. The first-order valence-electron chi connectivity index (χ1n) is 3.88. The van der Waals surface area contributed by atoms with E-state index in [4.69, 9.17) is 9.84 Å². The van der Waals surface area contributed by atoms with Gasteiger partial charge in [-0.2, -0.15) is 0 Å². The summed E-state index contributed by atoms with van der Waals surface area (Å²) in [5.74, 6) is 0. The molecule has 1 rings (SSSR count). The summed E-state index contributed by atoms with van der Waals surface area (Å²) in [5.41, 5.74) is 0. The van der Waals surface area contributed by atoms with Crippen LogP contribution in [-0.4, -0.2) is 57.6 Å². The normalized spacial score (nSPS) is 49.2. The van der Waals surface area contributed by atoms with Crippen molar-refractivity contribution in [1.29, 1.82) is 0 Å². The first kappa shape index (κ1) is 9.88. The van der Waals surface area contributed by atoms with E-state index in [1.807, 2.05) is 0 Å². The molecule has 0 radical (unpaired) electrons. The van der Waals surface area contributed by atoms with E-state index in [-0.39, 0.29) is 6.61 Å². The van der Waals surface area contributed by atoms with Crippen LogP contribution in [0.2, 0.25) is 0 Å². The lowest BCUT2D eigenvalue weighted by Gasteiger charge is -2.38. The van der Waals surface area contributed by atoms with Crippen LogP contribution in [0.3, 0.4) is 0 Å². The number of hydrogen-bond donors (Lipinski definition) is 4. The Hall–Kier alpha value is -0.200. The number of aliphatic hydroxyl groups excluding tert-OH is 4. The molecule has 5 nitrogen and oxygen atoms in total. The second-order valence-corrected chi connectivity index (χ2v) is 3.03. The Bertz CT molecular complexity index is 146. The van der Waals surface area contributed by atoms with Crippen molar-refractivity contribution in [2.75, 3.05) is 6.61 Å². The van der Waals surface area contributed by atoms with E-state index < -0.39 is 30.5 Å². The highest BCUT2D eigenvalue weighted by molar-refractivity contribution is 4.89. The Morgan fingerprint density at radius 3 is 2.17 bits per heavy atom. The van der Waals surface area contributed by atoms with Gasteiger partial charge in [0.05, 0.1) is 12.7 Å². The van der Waals surface area contributed by atoms with E-state index >= 15 is 0 Å². The highest BCUT2D eigenvalue weighted by Crippen LogP contribution is 2.20. The van der Waals surface area contributed by atoms with Crippen LogP contribution in [0.1, 0.15) is 6.92 Å². The van der Waals surface area contributed by atoms with Crippen LogP contribution in [0.4, 0.5) is 0 Å². The molecule has 5 atom stereocenters. The van der Waals surface area contributed by atoms with Crippen molar-refractivity contribution in [2.24, 2.45) is 0 Å². The number of hydrogen-bond acceptors (Lipinski definition) is 5. The lowest BCUT2D eigenvalue weighted by molar-refractivity contribution is -0.224. The number of aliphatic hydroxyl groups is 4. The van der Waals surface area contributed by atoms with Crippen LogP contribution < -0.4 is 0 Å². The zero-order valence-corrected chi connectivity index (χ0v) is 6.79. The first-order chi connectivity index (χ1) is 5.57. The molecule has 0 bridgehead atoms. The van der Waals surface area contributed by atoms with Crippen LogP contribution >= 0.6 is 0 Å². The Morgan fingerprint density at radius 2 is 1.67 bits per heavy atom. The van der Waals surface area contributed by atoms with Gasteiger partial charge >= 0.3 is 0 Å². The molecular weight excluding hydrogens is 164 g/mol. The second kappa shape index (κ2) is 3.68. The third-order valence-electron chi connectivity index (χ3n) is 2.13. The molecule has 0 aromatic carbocycles. The predicted octanol–water partition coefficient (Wildman–Crippen LogP) is -2.15. The highest BCUT2D eigenvalue weighted by atomic mass is 16.5. The van der Waals surface area contributed by atoms with Crippen LogP contribution in [0.15, 0.2) is 0 Å². The Labute approximate surface area is 70.2 Å². The molecule has 0 aromatic rings. The zero-order chi connectivity index (χ0) is 9.30. The van der Waals surface area contributed by atoms with Gasteiger partial charge in [0.2, 0.25) is 0 Å². The third-order valence-corrected chi connectivity index (χ3v) is 2.13. The molecule has 72 valence electrons. The van der Waals surface area contributed by atoms with Gasteiger partial charge in [0, 0.05) is 0 Å². The summed E-state index contributed by atoms with van der Waals surface area (Å²) in [7, 11) is 0. The van der Waals surface area contributed by atoms with Gasteiger partial charge in [0.1, 0.15) is 24.4 Å². The average molecular weight is 178 g/mol. The van der Waals surface area contributed by atoms with Crippen molar-refractivity contribution in [3.05, 3.63) is 0 Å².